The highest BCUT2D eigenvalue weighted by atomic mass is 16.5. The molecule has 34 heavy (non-hydrogen) atoms. The second-order valence-corrected chi connectivity index (χ2v) is 11.9. The molecule has 184 valence electrons. The van der Waals surface area contributed by atoms with Crippen molar-refractivity contribution in [3.05, 3.63) is 59.5 Å². The molecule has 4 rings (SSSR count). The lowest BCUT2D eigenvalue weighted by Crippen LogP contribution is -2.48. The molecule has 0 saturated heterocycles. The summed E-state index contributed by atoms with van der Waals surface area (Å²) in [5, 5.41) is 13.6. The normalized spacial score (nSPS) is 30.4. The molecule has 0 bridgehead atoms. The Labute approximate surface area is 203 Å². The van der Waals surface area contributed by atoms with Gasteiger partial charge < -0.3 is 14.4 Å². The van der Waals surface area contributed by atoms with Crippen LogP contribution in [0, 0.1) is 24.2 Å². The molecule has 0 amide bonds. The average Bonchev–Trinajstić information content (AvgIpc) is 3.34. The molecule has 2 saturated carbocycles. The van der Waals surface area contributed by atoms with Crippen LogP contribution in [-0.2, 0) is 20.4 Å². The number of benzene rings is 1. The Hall–Kier alpha value is -2.56. The molecule has 0 aliphatic heterocycles. The molecule has 5 nitrogen and oxygen atoms in total. The van der Waals surface area contributed by atoms with Crippen LogP contribution in [0.15, 0.2) is 52.0 Å². The monoisotopic (exact) mass is 465 g/mol. The lowest BCUT2D eigenvalue weighted by molar-refractivity contribution is -0.162. The number of esters is 1. The summed E-state index contributed by atoms with van der Waals surface area (Å²) in [6.07, 6.45) is 3.73. The first-order valence-electron chi connectivity index (χ1n) is 12.5. The van der Waals surface area contributed by atoms with E-state index in [-0.39, 0.29) is 28.8 Å². The van der Waals surface area contributed by atoms with Gasteiger partial charge >= 0.3 is 5.97 Å². The minimum absolute atomic E-state index is 0.149. The van der Waals surface area contributed by atoms with E-state index in [1.54, 1.807) is 0 Å². The number of hydrogen-bond acceptors (Lipinski definition) is 5. The smallest absolute Gasteiger partial charge is 0.326 e. The van der Waals surface area contributed by atoms with Crippen LogP contribution in [0.3, 0.4) is 0 Å². The third kappa shape index (κ3) is 4.30. The number of furan rings is 1. The molecular weight excluding hydrogens is 426 g/mol. The zero-order valence-corrected chi connectivity index (χ0v) is 21.4. The number of hydrogen-bond donors (Lipinski definition) is 1. The van der Waals surface area contributed by atoms with E-state index in [0.717, 1.165) is 25.0 Å². The number of nitrogens with zero attached hydrogens (tertiary/aromatic N) is 1. The van der Waals surface area contributed by atoms with Gasteiger partial charge in [-0.15, -0.1) is 0 Å². The maximum Gasteiger partial charge on any atom is 0.326 e. The van der Waals surface area contributed by atoms with E-state index in [1.807, 2.05) is 25.1 Å². The molecule has 2 fully saturated rings. The molecule has 4 atom stereocenters. The van der Waals surface area contributed by atoms with Gasteiger partial charge in [0.15, 0.2) is 5.41 Å². The van der Waals surface area contributed by atoms with Crippen LogP contribution >= 0.6 is 0 Å². The second kappa shape index (κ2) is 8.90. The first kappa shape index (κ1) is 24.6. The Morgan fingerprint density at radius 3 is 2.47 bits per heavy atom. The molecule has 0 unspecified atom stereocenters. The number of aryl methyl sites for hydroxylation is 1. The predicted octanol–water partition coefficient (Wildman–Crippen LogP) is 6.80. The highest BCUT2D eigenvalue weighted by Gasteiger charge is 2.59. The summed E-state index contributed by atoms with van der Waals surface area (Å²) in [5.41, 5.74) is 0.119. The Bertz CT molecular complexity index is 1050. The molecule has 2 aliphatic rings. The van der Waals surface area contributed by atoms with E-state index in [2.05, 4.69) is 64.0 Å². The molecule has 1 heterocycles. The van der Waals surface area contributed by atoms with Crippen LogP contribution in [0.4, 0.5) is 0 Å². The summed E-state index contributed by atoms with van der Waals surface area (Å²) >= 11 is 0. The second-order valence-electron chi connectivity index (χ2n) is 11.9. The first-order valence-corrected chi connectivity index (χ1v) is 12.5. The number of carbonyl (C=O) groups is 1. The van der Waals surface area contributed by atoms with Gasteiger partial charge in [-0.1, -0.05) is 76.5 Å². The van der Waals surface area contributed by atoms with Gasteiger partial charge in [0, 0.05) is 5.92 Å². The van der Waals surface area contributed by atoms with Gasteiger partial charge in [0.25, 0.3) is 0 Å². The van der Waals surface area contributed by atoms with E-state index in [4.69, 9.17) is 9.15 Å². The van der Waals surface area contributed by atoms with Crippen LogP contribution < -0.4 is 0 Å². The van der Waals surface area contributed by atoms with Gasteiger partial charge in [-0.05, 0) is 67.1 Å². The van der Waals surface area contributed by atoms with Crippen LogP contribution in [0.2, 0.25) is 0 Å². The van der Waals surface area contributed by atoms with Crippen molar-refractivity contribution in [1.29, 1.82) is 0 Å². The molecular formula is C29H39NO4. The van der Waals surface area contributed by atoms with Gasteiger partial charge in [0.1, 0.15) is 17.6 Å². The van der Waals surface area contributed by atoms with E-state index in [1.165, 1.54) is 5.56 Å². The molecule has 2 aromatic rings. The fourth-order valence-corrected chi connectivity index (χ4v) is 6.40. The molecule has 1 aromatic heterocycles. The summed E-state index contributed by atoms with van der Waals surface area (Å²) < 4.78 is 12.5. The highest BCUT2D eigenvalue weighted by molar-refractivity contribution is 6.13. The van der Waals surface area contributed by atoms with Gasteiger partial charge in [-0.2, -0.15) is 0 Å². The van der Waals surface area contributed by atoms with E-state index >= 15 is 0 Å². The van der Waals surface area contributed by atoms with Gasteiger partial charge in [0.2, 0.25) is 0 Å². The summed E-state index contributed by atoms with van der Waals surface area (Å²) in [4.78, 5) is 14.1. The Morgan fingerprint density at radius 1 is 1.15 bits per heavy atom. The minimum atomic E-state index is -1.20. The van der Waals surface area contributed by atoms with E-state index in [9.17, 15) is 10.0 Å². The van der Waals surface area contributed by atoms with Crippen LogP contribution in [0.5, 0.6) is 0 Å². The molecule has 2 aliphatic carbocycles. The molecule has 0 radical (unpaired) electrons. The molecule has 5 heteroatoms. The van der Waals surface area contributed by atoms with Gasteiger partial charge in [-0.25, -0.2) is 0 Å². The van der Waals surface area contributed by atoms with E-state index in [0.29, 0.717) is 30.2 Å². The summed E-state index contributed by atoms with van der Waals surface area (Å²) in [7, 11) is 0. The predicted molar refractivity (Wildman–Crippen MR) is 133 cm³/mol. The zero-order chi connectivity index (χ0) is 24.7. The number of oxime groups is 1. The fraction of sp³-hybridized carbons (Fsp3) is 0.586. The molecule has 1 N–H and O–H groups in total. The third-order valence-electron chi connectivity index (χ3n) is 8.27. The first-order chi connectivity index (χ1) is 16.0. The lowest BCUT2D eigenvalue weighted by Gasteiger charge is -2.44. The van der Waals surface area contributed by atoms with Crippen molar-refractivity contribution in [2.75, 3.05) is 0 Å². The summed E-state index contributed by atoms with van der Waals surface area (Å²) in [6, 6.07) is 14.2. The Kier molecular flexibility index (Phi) is 6.43. The van der Waals surface area contributed by atoms with Crippen molar-refractivity contribution >= 4 is 11.7 Å². The van der Waals surface area contributed by atoms with Crippen molar-refractivity contribution in [3.63, 3.8) is 0 Å². The standard InChI is InChI=1S/C29H39NO4/c1-19-12-14-22(28(5,6)21-10-8-7-9-11-21)23(16-19)34-26(31)29(25-15-13-20(2)33-25)18-27(3,4)17-24(29)30-32/h7-11,13,15,19,22-23,32H,12,14,16-18H2,1-6H3/b30-24+/t19-,22-,23-,29+/m1/s1. The zero-order valence-electron chi connectivity index (χ0n) is 21.4. The Balaban J connectivity index is 1.71. The van der Waals surface area contributed by atoms with Crippen molar-refractivity contribution in [2.24, 2.45) is 22.4 Å². The van der Waals surface area contributed by atoms with Gasteiger partial charge in [0.05, 0.1) is 5.71 Å². The summed E-state index contributed by atoms with van der Waals surface area (Å²) in [6.45, 7) is 12.8. The van der Waals surface area contributed by atoms with Crippen molar-refractivity contribution < 1.29 is 19.2 Å². The topological polar surface area (TPSA) is 72.0 Å². The quantitative estimate of drug-likeness (QED) is 0.299. The van der Waals surface area contributed by atoms with Crippen LogP contribution in [0.1, 0.15) is 83.8 Å². The number of rotatable bonds is 5. The van der Waals surface area contributed by atoms with Crippen molar-refractivity contribution in [1.82, 2.24) is 0 Å². The highest BCUT2D eigenvalue weighted by Crippen LogP contribution is 2.51. The number of ether oxygens (including phenoxy) is 1. The summed E-state index contributed by atoms with van der Waals surface area (Å²) in [5.74, 6) is 1.55. The fourth-order valence-electron chi connectivity index (χ4n) is 6.40. The molecule has 0 spiro atoms. The van der Waals surface area contributed by atoms with Gasteiger partial charge in [-0.3, -0.25) is 4.79 Å². The molecule has 1 aromatic carbocycles. The van der Waals surface area contributed by atoms with Crippen LogP contribution in [-0.4, -0.2) is 23.0 Å². The third-order valence-corrected chi connectivity index (χ3v) is 8.27. The van der Waals surface area contributed by atoms with Crippen molar-refractivity contribution in [2.45, 2.75) is 90.6 Å². The SMILES string of the molecule is Cc1ccc([C@]2(C(=O)O[C@@H]3C[C@H](C)CC[C@H]3C(C)(C)c3ccccc3)CC(C)(C)C/C2=N\O)o1. The largest absolute Gasteiger partial charge is 0.465 e. The lowest BCUT2D eigenvalue weighted by atomic mass is 9.64. The number of carbonyl (C=O) groups excluding carboxylic acids is 1. The van der Waals surface area contributed by atoms with E-state index < -0.39 is 5.41 Å². The maximum absolute atomic E-state index is 14.1. The Morgan fingerprint density at radius 2 is 1.85 bits per heavy atom. The van der Waals surface area contributed by atoms with Crippen LogP contribution in [0.25, 0.3) is 0 Å². The minimum Gasteiger partial charge on any atom is -0.465 e. The average molecular weight is 466 g/mol. The van der Waals surface area contributed by atoms with Crippen molar-refractivity contribution in [3.8, 4) is 0 Å². The maximum atomic E-state index is 14.1.